The maximum Gasteiger partial charge on any atom is 0.264 e. The molecule has 0 bridgehead atoms. The van der Waals surface area contributed by atoms with E-state index in [1.54, 1.807) is 55.6 Å². The summed E-state index contributed by atoms with van der Waals surface area (Å²) in [6.07, 6.45) is 1.63. The van der Waals surface area contributed by atoms with Crippen LogP contribution >= 0.6 is 11.6 Å². The number of hydrogen-bond donors (Lipinski definition) is 1. The van der Waals surface area contributed by atoms with Gasteiger partial charge in [0.2, 0.25) is 5.91 Å². The van der Waals surface area contributed by atoms with Crippen LogP contribution in [0.1, 0.15) is 16.8 Å². The number of anilines is 1. The summed E-state index contributed by atoms with van der Waals surface area (Å²) in [7, 11) is -3.99. The number of nitrogens with one attached hydrogen (secondary N) is 1. The van der Waals surface area contributed by atoms with Gasteiger partial charge in [-0.05, 0) is 55.8 Å². The van der Waals surface area contributed by atoms with Gasteiger partial charge >= 0.3 is 0 Å². The van der Waals surface area contributed by atoms with Gasteiger partial charge in [-0.15, -0.1) is 0 Å². The maximum atomic E-state index is 13.4. The van der Waals surface area contributed by atoms with Crippen LogP contribution in [0.5, 0.6) is 0 Å². The molecule has 0 aliphatic rings. The van der Waals surface area contributed by atoms with Crippen LogP contribution in [0.2, 0.25) is 5.02 Å². The second-order valence-electron chi connectivity index (χ2n) is 6.85. The third kappa shape index (κ3) is 5.17. The molecule has 0 atom stereocenters. The lowest BCUT2D eigenvalue weighted by Gasteiger charge is -2.26. The molecule has 156 valence electrons. The van der Waals surface area contributed by atoms with E-state index in [1.165, 1.54) is 12.1 Å². The highest BCUT2D eigenvalue weighted by atomic mass is 35.5. The number of aryl methyl sites for hydroxylation is 2. The SMILES string of the molecule is Cc1ccc(S(=O)(=O)N(CC(=O)NCc2ccccn2)c2cc(Cl)ccc2C)cc1. The largest absolute Gasteiger partial charge is 0.349 e. The zero-order valence-corrected chi connectivity index (χ0v) is 18.2. The molecule has 0 unspecified atom stereocenters. The van der Waals surface area contributed by atoms with E-state index in [2.05, 4.69) is 10.3 Å². The lowest BCUT2D eigenvalue weighted by Crippen LogP contribution is -2.41. The molecule has 8 heteroatoms. The summed E-state index contributed by atoms with van der Waals surface area (Å²) in [6, 6.07) is 16.8. The van der Waals surface area contributed by atoms with Crippen molar-refractivity contribution in [3.05, 3.63) is 88.7 Å². The molecule has 1 heterocycles. The highest BCUT2D eigenvalue weighted by molar-refractivity contribution is 7.92. The quantitative estimate of drug-likeness (QED) is 0.601. The van der Waals surface area contributed by atoms with E-state index in [9.17, 15) is 13.2 Å². The molecule has 0 aliphatic carbocycles. The van der Waals surface area contributed by atoms with Crippen molar-refractivity contribution in [2.24, 2.45) is 0 Å². The van der Waals surface area contributed by atoms with Crippen LogP contribution in [0, 0.1) is 13.8 Å². The Morgan fingerprint density at radius 2 is 1.80 bits per heavy atom. The first-order valence-corrected chi connectivity index (χ1v) is 11.1. The number of hydrogen-bond acceptors (Lipinski definition) is 4. The highest BCUT2D eigenvalue weighted by Gasteiger charge is 2.28. The molecule has 3 rings (SSSR count). The predicted molar refractivity (Wildman–Crippen MR) is 118 cm³/mol. The Labute approximate surface area is 181 Å². The number of amides is 1. The molecule has 0 fully saturated rings. The van der Waals surface area contributed by atoms with Crippen molar-refractivity contribution in [3.63, 3.8) is 0 Å². The first-order valence-electron chi connectivity index (χ1n) is 9.29. The fraction of sp³-hybridized carbons (Fsp3) is 0.182. The number of benzene rings is 2. The Morgan fingerprint density at radius 1 is 1.07 bits per heavy atom. The lowest BCUT2D eigenvalue weighted by atomic mass is 10.2. The van der Waals surface area contributed by atoms with E-state index >= 15 is 0 Å². The topological polar surface area (TPSA) is 79.4 Å². The van der Waals surface area contributed by atoms with E-state index in [-0.39, 0.29) is 18.0 Å². The van der Waals surface area contributed by atoms with Gasteiger partial charge in [0.25, 0.3) is 10.0 Å². The number of sulfonamides is 1. The number of carbonyl (C=O) groups excluding carboxylic acids is 1. The molecule has 2 aromatic carbocycles. The minimum atomic E-state index is -3.99. The molecule has 0 saturated heterocycles. The fourth-order valence-corrected chi connectivity index (χ4v) is 4.51. The van der Waals surface area contributed by atoms with Crippen LogP contribution in [0.25, 0.3) is 0 Å². The molecule has 30 heavy (non-hydrogen) atoms. The Bertz CT molecular complexity index is 1130. The van der Waals surface area contributed by atoms with Gasteiger partial charge in [-0.25, -0.2) is 8.42 Å². The molecular formula is C22H22ClN3O3S. The van der Waals surface area contributed by atoms with Crippen LogP contribution < -0.4 is 9.62 Å². The molecule has 6 nitrogen and oxygen atoms in total. The summed E-state index contributed by atoms with van der Waals surface area (Å²) in [4.78, 5) is 16.9. The van der Waals surface area contributed by atoms with E-state index in [4.69, 9.17) is 11.6 Å². The summed E-state index contributed by atoms with van der Waals surface area (Å²) in [5.74, 6) is -0.448. The first-order chi connectivity index (χ1) is 14.3. The minimum Gasteiger partial charge on any atom is -0.349 e. The number of nitrogens with zero attached hydrogens (tertiary/aromatic N) is 2. The summed E-state index contributed by atoms with van der Waals surface area (Å²) in [6.45, 7) is 3.46. The minimum absolute atomic E-state index is 0.102. The molecule has 0 saturated carbocycles. The molecule has 1 amide bonds. The summed E-state index contributed by atoms with van der Waals surface area (Å²) < 4.78 is 27.9. The zero-order valence-electron chi connectivity index (χ0n) is 16.7. The normalized spacial score (nSPS) is 11.2. The highest BCUT2D eigenvalue weighted by Crippen LogP contribution is 2.29. The lowest BCUT2D eigenvalue weighted by molar-refractivity contribution is -0.119. The Kier molecular flexibility index (Phi) is 6.74. The van der Waals surface area contributed by atoms with Crippen molar-refractivity contribution in [2.75, 3.05) is 10.8 Å². The average Bonchev–Trinajstić information content (AvgIpc) is 2.73. The van der Waals surface area contributed by atoms with Crippen LogP contribution in [0.3, 0.4) is 0 Å². The van der Waals surface area contributed by atoms with Gasteiger partial charge in [0.05, 0.1) is 22.8 Å². The number of aromatic nitrogens is 1. The molecule has 0 spiro atoms. The van der Waals surface area contributed by atoms with Gasteiger partial charge in [-0.1, -0.05) is 41.4 Å². The number of halogens is 1. The Hall–Kier alpha value is -2.90. The second-order valence-corrected chi connectivity index (χ2v) is 9.15. The molecule has 0 aliphatic heterocycles. The molecule has 3 aromatic rings. The van der Waals surface area contributed by atoms with Crippen molar-refractivity contribution in [2.45, 2.75) is 25.3 Å². The standard InChI is InChI=1S/C22H22ClN3O3S/c1-16-6-10-20(11-7-16)30(28,29)26(21-13-18(23)9-8-17(21)2)15-22(27)25-14-19-5-3-4-12-24-19/h3-13H,14-15H2,1-2H3,(H,25,27). The van der Waals surface area contributed by atoms with Crippen LogP contribution in [-0.2, 0) is 21.4 Å². The fourth-order valence-electron chi connectivity index (χ4n) is 2.87. The van der Waals surface area contributed by atoms with Crippen molar-refractivity contribution in [3.8, 4) is 0 Å². The van der Waals surface area contributed by atoms with E-state index in [1.807, 2.05) is 13.0 Å². The van der Waals surface area contributed by atoms with Crippen molar-refractivity contribution in [1.29, 1.82) is 0 Å². The van der Waals surface area contributed by atoms with Gasteiger partial charge in [-0.3, -0.25) is 14.1 Å². The number of rotatable bonds is 7. The van der Waals surface area contributed by atoms with Crippen molar-refractivity contribution < 1.29 is 13.2 Å². The summed E-state index contributed by atoms with van der Waals surface area (Å²) in [5, 5.41) is 3.11. The van der Waals surface area contributed by atoms with Crippen LogP contribution in [-0.4, -0.2) is 25.9 Å². The molecule has 1 aromatic heterocycles. The number of pyridine rings is 1. The van der Waals surface area contributed by atoms with E-state index < -0.39 is 15.9 Å². The summed E-state index contributed by atoms with van der Waals surface area (Å²) in [5.41, 5.74) is 2.66. The maximum absolute atomic E-state index is 13.4. The first kappa shape index (κ1) is 21.8. The Balaban J connectivity index is 1.92. The molecule has 1 N–H and O–H groups in total. The van der Waals surface area contributed by atoms with Gasteiger partial charge in [-0.2, -0.15) is 0 Å². The smallest absolute Gasteiger partial charge is 0.264 e. The van der Waals surface area contributed by atoms with Crippen molar-refractivity contribution >= 4 is 33.2 Å². The van der Waals surface area contributed by atoms with Gasteiger partial charge in [0, 0.05) is 11.2 Å². The molecular weight excluding hydrogens is 422 g/mol. The zero-order chi connectivity index (χ0) is 21.7. The summed E-state index contributed by atoms with van der Waals surface area (Å²) >= 11 is 6.13. The third-order valence-corrected chi connectivity index (χ3v) is 6.54. The van der Waals surface area contributed by atoms with Crippen molar-refractivity contribution in [1.82, 2.24) is 10.3 Å². The van der Waals surface area contributed by atoms with E-state index in [0.29, 0.717) is 22.0 Å². The average molecular weight is 444 g/mol. The van der Waals surface area contributed by atoms with Gasteiger partial charge < -0.3 is 5.32 Å². The molecule has 0 radical (unpaired) electrons. The van der Waals surface area contributed by atoms with Gasteiger partial charge in [0.15, 0.2) is 0 Å². The third-order valence-electron chi connectivity index (χ3n) is 4.53. The van der Waals surface area contributed by atoms with Crippen LogP contribution in [0.15, 0.2) is 71.8 Å². The number of carbonyl (C=O) groups is 1. The van der Waals surface area contributed by atoms with E-state index in [0.717, 1.165) is 9.87 Å². The Morgan fingerprint density at radius 3 is 2.47 bits per heavy atom. The monoisotopic (exact) mass is 443 g/mol. The van der Waals surface area contributed by atoms with Crippen LogP contribution in [0.4, 0.5) is 5.69 Å². The predicted octanol–water partition coefficient (Wildman–Crippen LogP) is 3.86. The van der Waals surface area contributed by atoms with Gasteiger partial charge in [0.1, 0.15) is 6.54 Å². The second kappa shape index (κ2) is 9.28.